The van der Waals surface area contributed by atoms with Gasteiger partial charge in [0.05, 0.1) is 23.9 Å². The van der Waals surface area contributed by atoms with Crippen LogP contribution in [0, 0.1) is 5.92 Å². The van der Waals surface area contributed by atoms with Crippen molar-refractivity contribution in [3.05, 3.63) is 94.9 Å². The highest BCUT2D eigenvalue weighted by Crippen LogP contribution is 2.36. The van der Waals surface area contributed by atoms with Crippen molar-refractivity contribution in [1.82, 2.24) is 9.97 Å². The zero-order chi connectivity index (χ0) is 20.5. The van der Waals surface area contributed by atoms with Crippen LogP contribution in [-0.4, -0.2) is 15.7 Å². The molecule has 2 aliphatic rings. The van der Waals surface area contributed by atoms with Crippen molar-refractivity contribution in [2.24, 2.45) is 10.9 Å². The summed E-state index contributed by atoms with van der Waals surface area (Å²) in [5.41, 5.74) is 4.97. The zero-order valence-corrected chi connectivity index (χ0v) is 16.8. The molecule has 1 aromatic heterocycles. The highest BCUT2D eigenvalue weighted by molar-refractivity contribution is 6.31. The Morgan fingerprint density at radius 3 is 2.77 bits per heavy atom. The summed E-state index contributed by atoms with van der Waals surface area (Å²) in [4.78, 5) is 14.0. The van der Waals surface area contributed by atoms with Crippen molar-refractivity contribution in [2.75, 3.05) is 5.32 Å². The van der Waals surface area contributed by atoms with Crippen molar-refractivity contribution >= 4 is 28.9 Å². The molecule has 0 saturated heterocycles. The van der Waals surface area contributed by atoms with Crippen molar-refractivity contribution in [2.45, 2.75) is 13.0 Å². The molecule has 2 aromatic carbocycles. The van der Waals surface area contributed by atoms with Crippen molar-refractivity contribution in [1.29, 1.82) is 0 Å². The van der Waals surface area contributed by atoms with Crippen LogP contribution < -0.4 is 5.32 Å². The summed E-state index contributed by atoms with van der Waals surface area (Å²) in [5, 5.41) is 3.82. The second kappa shape index (κ2) is 7.84. The molecular formula is C24H18ClFN4. The number of halogens is 2. The summed E-state index contributed by atoms with van der Waals surface area (Å²) in [6.07, 6.45) is 7.55. The number of anilines is 2. The molecule has 0 bridgehead atoms. The van der Waals surface area contributed by atoms with Gasteiger partial charge in [-0.1, -0.05) is 48.0 Å². The third kappa shape index (κ3) is 3.53. The van der Waals surface area contributed by atoms with E-state index in [4.69, 9.17) is 21.6 Å². The largest absolute Gasteiger partial charge is 0.324 e. The van der Waals surface area contributed by atoms with Gasteiger partial charge < -0.3 is 5.32 Å². The number of para-hydroxylation sites is 1. The molecule has 6 heteroatoms. The first-order chi connectivity index (χ1) is 14.7. The fourth-order valence-electron chi connectivity index (χ4n) is 3.80. The maximum atomic E-state index is 14.7. The van der Waals surface area contributed by atoms with Gasteiger partial charge in [0.2, 0.25) is 5.95 Å². The van der Waals surface area contributed by atoms with Crippen molar-refractivity contribution in [3.63, 3.8) is 0 Å². The molecule has 4 nitrogen and oxygen atoms in total. The van der Waals surface area contributed by atoms with Crippen molar-refractivity contribution in [3.8, 4) is 11.3 Å². The molecular weight excluding hydrogens is 399 g/mol. The van der Waals surface area contributed by atoms with Gasteiger partial charge in [-0.15, -0.1) is 0 Å². The van der Waals surface area contributed by atoms with Crippen LogP contribution in [0.15, 0.2) is 83.8 Å². The molecule has 0 spiro atoms. The number of hydrogen-bond acceptors (Lipinski definition) is 4. The molecule has 30 heavy (non-hydrogen) atoms. The molecule has 1 aliphatic heterocycles. The average molecular weight is 417 g/mol. The summed E-state index contributed by atoms with van der Waals surface area (Å²) in [6, 6.07) is 15.4. The number of benzene rings is 2. The number of allylic oxidation sites excluding steroid dienone is 4. The van der Waals surface area contributed by atoms with Gasteiger partial charge >= 0.3 is 0 Å². The van der Waals surface area contributed by atoms with Gasteiger partial charge in [0, 0.05) is 33.6 Å². The zero-order valence-electron chi connectivity index (χ0n) is 16.0. The summed E-state index contributed by atoms with van der Waals surface area (Å²) in [5.74, 6) is -0.113. The smallest absolute Gasteiger partial charge is 0.227 e. The Bertz CT molecular complexity index is 1200. The lowest BCUT2D eigenvalue weighted by atomic mass is 9.87. The molecule has 1 aliphatic carbocycles. The number of rotatable bonds is 3. The lowest BCUT2D eigenvalue weighted by molar-refractivity contribution is 0.539. The first kappa shape index (κ1) is 18.7. The average Bonchev–Trinajstić information content (AvgIpc) is 2.91. The highest BCUT2D eigenvalue weighted by Gasteiger charge is 2.28. The summed E-state index contributed by atoms with van der Waals surface area (Å²) in [7, 11) is 0. The lowest BCUT2D eigenvalue weighted by Gasteiger charge is -2.20. The fraction of sp³-hybridized carbons (Fsp3) is 0.125. The van der Waals surface area contributed by atoms with Gasteiger partial charge in [-0.3, -0.25) is 4.99 Å². The van der Waals surface area contributed by atoms with Gasteiger partial charge in [-0.25, -0.2) is 14.4 Å². The Morgan fingerprint density at radius 1 is 1.07 bits per heavy atom. The lowest BCUT2D eigenvalue weighted by Crippen LogP contribution is -2.18. The minimum absolute atomic E-state index is 0.189. The van der Waals surface area contributed by atoms with Gasteiger partial charge in [0.25, 0.3) is 0 Å². The van der Waals surface area contributed by atoms with E-state index >= 15 is 0 Å². The molecule has 0 saturated carbocycles. The molecule has 0 amide bonds. The number of aromatic nitrogens is 2. The maximum Gasteiger partial charge on any atom is 0.227 e. The van der Waals surface area contributed by atoms with Crippen LogP contribution in [-0.2, 0) is 6.54 Å². The Labute approximate surface area is 178 Å². The number of nitrogens with zero attached hydrogens (tertiary/aromatic N) is 3. The van der Waals surface area contributed by atoms with E-state index in [1.54, 1.807) is 12.3 Å². The van der Waals surface area contributed by atoms with E-state index in [1.807, 2.05) is 54.6 Å². The van der Waals surface area contributed by atoms with Gasteiger partial charge in [-0.05, 0) is 36.8 Å². The van der Waals surface area contributed by atoms with E-state index in [0.29, 0.717) is 29.6 Å². The Hall–Kier alpha value is -3.31. The molecule has 3 aromatic rings. The Balaban J connectivity index is 1.60. The monoisotopic (exact) mass is 416 g/mol. The quantitative estimate of drug-likeness (QED) is 0.547. The molecule has 1 N–H and O–H groups in total. The molecule has 5 rings (SSSR count). The van der Waals surface area contributed by atoms with Crippen LogP contribution in [0.4, 0.5) is 16.0 Å². The summed E-state index contributed by atoms with van der Waals surface area (Å²) < 4.78 is 14.7. The van der Waals surface area contributed by atoms with Crippen LogP contribution in [0.2, 0.25) is 5.02 Å². The molecule has 0 radical (unpaired) electrons. The highest BCUT2D eigenvalue weighted by atomic mass is 35.5. The number of hydrogen-bond donors (Lipinski definition) is 1. The molecule has 0 fully saturated rings. The standard InChI is InChI=1S/C24H18ClFN4/c25-16-10-11-18-20(12-16)23(19-8-4-5-9-21(19)26)27-13-15-14-28-24(30-22(15)18)29-17-6-2-1-3-7-17/h1-7,9-12,14,19H,8,13H2,(H,28,29,30). The minimum atomic E-state index is -0.420. The van der Waals surface area contributed by atoms with Gasteiger partial charge in [0.15, 0.2) is 0 Å². The summed E-state index contributed by atoms with van der Waals surface area (Å²) >= 11 is 6.31. The van der Waals surface area contributed by atoms with Crippen LogP contribution in [0.5, 0.6) is 0 Å². The van der Waals surface area contributed by atoms with Crippen LogP contribution >= 0.6 is 11.6 Å². The minimum Gasteiger partial charge on any atom is -0.324 e. The number of fused-ring (bicyclic) bond motifs is 3. The SMILES string of the molecule is FC1=CC=CCC1C1=NCc2cnc(Nc3ccccc3)nc2-c2ccc(Cl)cc21. The Kier molecular flexibility index (Phi) is 4.89. The van der Waals surface area contributed by atoms with Crippen molar-refractivity contribution < 1.29 is 4.39 Å². The van der Waals surface area contributed by atoms with Crippen LogP contribution in [0.25, 0.3) is 11.3 Å². The molecule has 1 unspecified atom stereocenters. The van der Waals surface area contributed by atoms with Gasteiger partial charge in [0.1, 0.15) is 5.83 Å². The van der Waals surface area contributed by atoms with E-state index in [9.17, 15) is 4.39 Å². The second-order valence-electron chi connectivity index (χ2n) is 7.22. The van der Waals surface area contributed by atoms with Crippen LogP contribution in [0.1, 0.15) is 17.5 Å². The normalized spacial score (nSPS) is 17.3. The van der Waals surface area contributed by atoms with E-state index in [2.05, 4.69) is 10.3 Å². The Morgan fingerprint density at radius 2 is 1.93 bits per heavy atom. The predicted molar refractivity (Wildman–Crippen MR) is 119 cm³/mol. The number of nitrogens with one attached hydrogen (secondary N) is 1. The van der Waals surface area contributed by atoms with E-state index in [1.165, 1.54) is 6.08 Å². The second-order valence-corrected chi connectivity index (χ2v) is 7.65. The molecule has 2 heterocycles. The fourth-order valence-corrected chi connectivity index (χ4v) is 3.97. The first-order valence-electron chi connectivity index (χ1n) is 9.74. The molecule has 148 valence electrons. The maximum absolute atomic E-state index is 14.7. The first-order valence-corrected chi connectivity index (χ1v) is 10.1. The van der Waals surface area contributed by atoms with Gasteiger partial charge in [-0.2, -0.15) is 0 Å². The van der Waals surface area contributed by atoms with E-state index in [-0.39, 0.29) is 5.83 Å². The topological polar surface area (TPSA) is 50.2 Å². The summed E-state index contributed by atoms with van der Waals surface area (Å²) in [6.45, 7) is 0.385. The molecule has 1 atom stereocenters. The third-order valence-electron chi connectivity index (χ3n) is 5.25. The third-order valence-corrected chi connectivity index (χ3v) is 5.49. The van der Waals surface area contributed by atoms with Crippen LogP contribution in [0.3, 0.4) is 0 Å². The van der Waals surface area contributed by atoms with E-state index < -0.39 is 5.92 Å². The predicted octanol–water partition coefficient (Wildman–Crippen LogP) is 6.27. The van der Waals surface area contributed by atoms with E-state index in [0.717, 1.165) is 28.1 Å². The number of aliphatic imine (C=N–C) groups is 1.